The van der Waals surface area contributed by atoms with Gasteiger partial charge in [-0.1, -0.05) is 0 Å². The normalized spacial score (nSPS) is 16.0. The van der Waals surface area contributed by atoms with Crippen LogP contribution >= 0.6 is 0 Å². The summed E-state index contributed by atoms with van der Waals surface area (Å²) in [5.41, 5.74) is 0.474. The van der Waals surface area contributed by atoms with E-state index in [9.17, 15) is 19.3 Å². The molecule has 1 fully saturated rings. The predicted octanol–water partition coefficient (Wildman–Crippen LogP) is 1.25. The fraction of sp³-hybridized carbons (Fsp3) is 0.462. The molecule has 0 aliphatic carbocycles. The molecule has 1 aromatic carbocycles. The molecular weight excluding hydrogens is 281 g/mol. The molecule has 21 heavy (non-hydrogen) atoms. The highest BCUT2D eigenvalue weighted by molar-refractivity contribution is 5.69. The van der Waals surface area contributed by atoms with Crippen molar-refractivity contribution in [2.45, 2.75) is 6.92 Å². The molecule has 2 rings (SSSR count). The van der Waals surface area contributed by atoms with Crippen LogP contribution in [0.1, 0.15) is 5.56 Å². The summed E-state index contributed by atoms with van der Waals surface area (Å²) in [7, 11) is 0. The molecule has 0 atom stereocenters. The number of benzene rings is 1. The van der Waals surface area contributed by atoms with Crippen molar-refractivity contribution in [1.82, 2.24) is 4.90 Å². The Hall–Kier alpha value is -2.22. The number of anilines is 1. The minimum absolute atomic E-state index is 0.0433. The SMILES string of the molecule is Cc1cc(N2CCN(CC(=O)O)CC2)c([N+](=O)[O-])cc1F. The lowest BCUT2D eigenvalue weighted by Crippen LogP contribution is -2.48. The van der Waals surface area contributed by atoms with E-state index in [0.29, 0.717) is 37.4 Å². The molecule has 0 spiro atoms. The molecule has 0 radical (unpaired) electrons. The van der Waals surface area contributed by atoms with Gasteiger partial charge in [0.1, 0.15) is 11.5 Å². The highest BCUT2D eigenvalue weighted by atomic mass is 19.1. The molecule has 1 aliphatic rings. The predicted molar refractivity (Wildman–Crippen MR) is 74.1 cm³/mol. The number of carboxylic acid groups (broad SMARTS) is 1. The van der Waals surface area contributed by atoms with Gasteiger partial charge in [0.25, 0.3) is 5.69 Å². The van der Waals surface area contributed by atoms with Crippen LogP contribution in [0.5, 0.6) is 0 Å². The third-order valence-corrected chi connectivity index (χ3v) is 3.52. The van der Waals surface area contributed by atoms with Crippen molar-refractivity contribution < 1.29 is 19.2 Å². The molecule has 7 nitrogen and oxygen atoms in total. The van der Waals surface area contributed by atoms with Crippen LogP contribution in [0.4, 0.5) is 15.8 Å². The molecule has 0 saturated carbocycles. The van der Waals surface area contributed by atoms with Crippen molar-refractivity contribution in [3.8, 4) is 0 Å². The van der Waals surface area contributed by atoms with Crippen LogP contribution in [0.2, 0.25) is 0 Å². The molecule has 114 valence electrons. The number of aliphatic carboxylic acids is 1. The number of carbonyl (C=O) groups is 1. The molecule has 1 aliphatic heterocycles. The Morgan fingerprint density at radius 3 is 2.52 bits per heavy atom. The second kappa shape index (κ2) is 6.04. The topological polar surface area (TPSA) is 86.9 Å². The summed E-state index contributed by atoms with van der Waals surface area (Å²) >= 11 is 0. The Morgan fingerprint density at radius 2 is 2.00 bits per heavy atom. The number of nitro benzene ring substituents is 1. The van der Waals surface area contributed by atoms with Gasteiger partial charge in [-0.25, -0.2) is 4.39 Å². The summed E-state index contributed by atoms with van der Waals surface area (Å²) in [4.78, 5) is 24.7. The quantitative estimate of drug-likeness (QED) is 0.665. The zero-order valence-electron chi connectivity index (χ0n) is 11.6. The van der Waals surface area contributed by atoms with E-state index < -0.39 is 16.7 Å². The maximum atomic E-state index is 13.5. The number of aryl methyl sites for hydroxylation is 1. The Kier molecular flexibility index (Phi) is 4.37. The number of piperazine rings is 1. The molecule has 0 amide bonds. The number of hydrogen-bond donors (Lipinski definition) is 1. The molecule has 1 N–H and O–H groups in total. The second-order valence-corrected chi connectivity index (χ2v) is 5.00. The van der Waals surface area contributed by atoms with Gasteiger partial charge in [0, 0.05) is 26.2 Å². The second-order valence-electron chi connectivity index (χ2n) is 5.00. The van der Waals surface area contributed by atoms with Crippen LogP contribution in [-0.2, 0) is 4.79 Å². The smallest absolute Gasteiger partial charge is 0.317 e. The molecule has 0 aromatic heterocycles. The third-order valence-electron chi connectivity index (χ3n) is 3.52. The van der Waals surface area contributed by atoms with Crippen molar-refractivity contribution in [3.05, 3.63) is 33.6 Å². The highest BCUT2D eigenvalue weighted by Gasteiger charge is 2.25. The number of hydrogen-bond acceptors (Lipinski definition) is 5. The van der Waals surface area contributed by atoms with E-state index >= 15 is 0 Å². The maximum Gasteiger partial charge on any atom is 0.317 e. The van der Waals surface area contributed by atoms with Gasteiger partial charge in [-0.15, -0.1) is 0 Å². The van der Waals surface area contributed by atoms with Crippen LogP contribution in [0.15, 0.2) is 12.1 Å². The van der Waals surface area contributed by atoms with Gasteiger partial charge in [0.15, 0.2) is 0 Å². The first-order chi connectivity index (χ1) is 9.88. The molecule has 1 aromatic rings. The molecule has 8 heteroatoms. The van der Waals surface area contributed by atoms with Gasteiger partial charge in [-0.2, -0.15) is 0 Å². The molecule has 0 unspecified atom stereocenters. The highest BCUT2D eigenvalue weighted by Crippen LogP contribution is 2.31. The summed E-state index contributed by atoms with van der Waals surface area (Å²) in [5, 5.41) is 19.8. The third kappa shape index (κ3) is 3.46. The van der Waals surface area contributed by atoms with Gasteiger partial charge in [0.2, 0.25) is 0 Å². The fourth-order valence-corrected chi connectivity index (χ4v) is 2.39. The number of nitrogens with zero attached hydrogens (tertiary/aromatic N) is 3. The van der Waals surface area contributed by atoms with E-state index in [1.165, 1.54) is 6.07 Å². The molecule has 1 heterocycles. The lowest BCUT2D eigenvalue weighted by Gasteiger charge is -2.35. The van der Waals surface area contributed by atoms with E-state index in [2.05, 4.69) is 0 Å². The zero-order valence-corrected chi connectivity index (χ0v) is 11.6. The number of halogens is 1. The lowest BCUT2D eigenvalue weighted by molar-refractivity contribution is -0.384. The van der Waals surface area contributed by atoms with Crippen LogP contribution in [-0.4, -0.2) is 53.6 Å². The number of carboxylic acids is 1. The average Bonchev–Trinajstić information content (AvgIpc) is 2.41. The standard InChI is InChI=1S/C13H16FN3O4/c1-9-6-11(12(17(20)21)7-10(9)14)16-4-2-15(3-5-16)8-13(18)19/h6-7H,2-5,8H2,1H3,(H,18,19). The monoisotopic (exact) mass is 297 g/mol. The van der Waals surface area contributed by atoms with Crippen molar-refractivity contribution in [1.29, 1.82) is 0 Å². The van der Waals surface area contributed by atoms with Gasteiger partial charge in [0.05, 0.1) is 17.5 Å². The Labute approximate surface area is 120 Å². The minimum atomic E-state index is -0.896. The largest absolute Gasteiger partial charge is 0.480 e. The number of rotatable bonds is 4. The van der Waals surface area contributed by atoms with E-state index in [1.807, 2.05) is 0 Å². The Balaban J connectivity index is 2.18. The first kappa shape index (κ1) is 15.2. The summed E-state index contributed by atoms with van der Waals surface area (Å²) in [6.45, 7) is 3.46. The van der Waals surface area contributed by atoms with Gasteiger partial charge in [-0.3, -0.25) is 19.8 Å². The minimum Gasteiger partial charge on any atom is -0.480 e. The summed E-state index contributed by atoms with van der Waals surface area (Å²) in [5.74, 6) is -1.50. The van der Waals surface area contributed by atoms with Crippen LogP contribution in [0, 0.1) is 22.9 Å². The van der Waals surface area contributed by atoms with Crippen molar-refractivity contribution in [2.24, 2.45) is 0 Å². The van der Waals surface area contributed by atoms with Gasteiger partial charge < -0.3 is 10.0 Å². The van der Waals surface area contributed by atoms with Gasteiger partial charge in [-0.05, 0) is 18.6 Å². The summed E-state index contributed by atoms with van der Waals surface area (Å²) in [6, 6.07) is 2.41. The zero-order chi connectivity index (χ0) is 15.6. The fourth-order valence-electron chi connectivity index (χ4n) is 2.39. The van der Waals surface area contributed by atoms with Crippen LogP contribution in [0.25, 0.3) is 0 Å². The van der Waals surface area contributed by atoms with Crippen molar-refractivity contribution in [3.63, 3.8) is 0 Å². The Morgan fingerprint density at radius 1 is 1.38 bits per heavy atom. The lowest BCUT2D eigenvalue weighted by atomic mass is 10.1. The van der Waals surface area contributed by atoms with Crippen LogP contribution < -0.4 is 4.90 Å². The summed E-state index contributed by atoms with van der Waals surface area (Å²) in [6.07, 6.45) is 0. The van der Waals surface area contributed by atoms with E-state index in [4.69, 9.17) is 5.11 Å². The molecule has 1 saturated heterocycles. The van der Waals surface area contributed by atoms with E-state index in [-0.39, 0.29) is 12.2 Å². The van der Waals surface area contributed by atoms with E-state index in [0.717, 1.165) is 6.07 Å². The van der Waals surface area contributed by atoms with Crippen molar-refractivity contribution >= 4 is 17.3 Å². The first-order valence-corrected chi connectivity index (χ1v) is 6.52. The van der Waals surface area contributed by atoms with Crippen molar-refractivity contribution in [2.75, 3.05) is 37.6 Å². The molecular formula is C13H16FN3O4. The molecule has 0 bridgehead atoms. The maximum absolute atomic E-state index is 13.5. The number of nitro groups is 1. The average molecular weight is 297 g/mol. The van der Waals surface area contributed by atoms with Gasteiger partial charge >= 0.3 is 5.97 Å². The summed E-state index contributed by atoms with van der Waals surface area (Å²) < 4.78 is 13.5. The Bertz CT molecular complexity index is 571. The van der Waals surface area contributed by atoms with Crippen LogP contribution in [0.3, 0.4) is 0 Å². The first-order valence-electron chi connectivity index (χ1n) is 6.52. The van der Waals surface area contributed by atoms with E-state index in [1.54, 1.807) is 16.7 Å².